The Hall–Kier alpha value is -0.220. The molecular formula is C6H12F2O2. The fourth-order valence-corrected chi connectivity index (χ4v) is 0.554. The van der Waals surface area contributed by atoms with Crippen LogP contribution in [-0.2, 0) is 4.74 Å². The molecule has 0 rings (SSSR count). The van der Waals surface area contributed by atoms with Crippen LogP contribution in [0.2, 0.25) is 0 Å². The summed E-state index contributed by atoms with van der Waals surface area (Å²) in [5.41, 5.74) is 0. The lowest BCUT2D eigenvalue weighted by Crippen LogP contribution is -2.21. The van der Waals surface area contributed by atoms with Gasteiger partial charge in [-0.15, -0.1) is 0 Å². The van der Waals surface area contributed by atoms with Gasteiger partial charge in [-0.2, -0.15) is 0 Å². The molecule has 0 unspecified atom stereocenters. The van der Waals surface area contributed by atoms with Crippen molar-refractivity contribution >= 4 is 0 Å². The third-order valence-corrected chi connectivity index (χ3v) is 1.12. The van der Waals surface area contributed by atoms with E-state index in [0.717, 1.165) is 0 Å². The third kappa shape index (κ3) is 4.64. The van der Waals surface area contributed by atoms with Gasteiger partial charge < -0.3 is 9.84 Å². The van der Waals surface area contributed by atoms with E-state index in [1.807, 2.05) is 0 Å². The van der Waals surface area contributed by atoms with Crippen LogP contribution < -0.4 is 0 Å². The molecule has 4 heteroatoms. The van der Waals surface area contributed by atoms with Crippen molar-refractivity contribution in [2.45, 2.75) is 18.8 Å². The highest BCUT2D eigenvalue weighted by Gasteiger charge is 2.26. The molecule has 0 heterocycles. The standard InChI is InChI=1S/C6H12F2O2/c1-10-4-2-3-6(7,8)5-9/h9H,2-5H2,1H3. The van der Waals surface area contributed by atoms with Crippen molar-refractivity contribution in [3.05, 3.63) is 0 Å². The topological polar surface area (TPSA) is 29.5 Å². The van der Waals surface area contributed by atoms with Crippen LogP contribution in [0.25, 0.3) is 0 Å². The van der Waals surface area contributed by atoms with Gasteiger partial charge in [0.15, 0.2) is 0 Å². The van der Waals surface area contributed by atoms with Crippen molar-refractivity contribution < 1.29 is 18.6 Å². The normalized spacial score (nSPS) is 12.0. The van der Waals surface area contributed by atoms with E-state index in [1.54, 1.807) is 0 Å². The molecule has 1 N–H and O–H groups in total. The molecule has 0 aliphatic carbocycles. The summed E-state index contributed by atoms with van der Waals surface area (Å²) >= 11 is 0. The summed E-state index contributed by atoms with van der Waals surface area (Å²) in [7, 11) is 1.46. The zero-order valence-corrected chi connectivity index (χ0v) is 5.94. The lowest BCUT2D eigenvalue weighted by molar-refractivity contribution is -0.0605. The molecular weight excluding hydrogens is 142 g/mol. The van der Waals surface area contributed by atoms with Gasteiger partial charge in [-0.25, -0.2) is 8.78 Å². The Balaban J connectivity index is 3.28. The Bertz CT molecular complexity index is 85.8. The summed E-state index contributed by atoms with van der Waals surface area (Å²) in [6, 6.07) is 0. The van der Waals surface area contributed by atoms with E-state index >= 15 is 0 Å². The summed E-state index contributed by atoms with van der Waals surface area (Å²) in [5, 5.41) is 8.10. The highest BCUT2D eigenvalue weighted by molar-refractivity contribution is 4.62. The molecule has 0 aliphatic heterocycles. The fraction of sp³-hybridized carbons (Fsp3) is 1.00. The van der Waals surface area contributed by atoms with Crippen LogP contribution >= 0.6 is 0 Å². The number of methoxy groups -OCH3 is 1. The van der Waals surface area contributed by atoms with E-state index in [2.05, 4.69) is 4.74 Å². The number of halogens is 2. The van der Waals surface area contributed by atoms with E-state index in [9.17, 15) is 8.78 Å². The van der Waals surface area contributed by atoms with Crippen molar-refractivity contribution in [2.75, 3.05) is 20.3 Å². The molecule has 0 aliphatic rings. The van der Waals surface area contributed by atoms with Crippen LogP contribution in [0.1, 0.15) is 12.8 Å². The molecule has 0 spiro atoms. The third-order valence-electron chi connectivity index (χ3n) is 1.12. The lowest BCUT2D eigenvalue weighted by Gasteiger charge is -2.11. The van der Waals surface area contributed by atoms with E-state index < -0.39 is 12.5 Å². The molecule has 0 atom stereocenters. The summed E-state index contributed by atoms with van der Waals surface area (Å²) in [6.07, 6.45) is -0.0264. The molecule has 0 radical (unpaired) electrons. The maximum Gasteiger partial charge on any atom is 0.270 e. The Morgan fingerprint density at radius 3 is 2.50 bits per heavy atom. The zero-order valence-electron chi connectivity index (χ0n) is 5.94. The second-order valence-electron chi connectivity index (χ2n) is 2.11. The first kappa shape index (κ1) is 9.78. The number of ether oxygens (including phenoxy) is 1. The SMILES string of the molecule is COCCCC(F)(F)CO. The molecule has 0 fully saturated rings. The van der Waals surface area contributed by atoms with Crippen LogP contribution in [-0.4, -0.2) is 31.4 Å². The van der Waals surface area contributed by atoms with Crippen LogP contribution in [0.4, 0.5) is 8.78 Å². The second-order valence-corrected chi connectivity index (χ2v) is 2.11. The predicted molar refractivity (Wildman–Crippen MR) is 33.1 cm³/mol. The van der Waals surface area contributed by atoms with Crippen LogP contribution in [0, 0.1) is 0 Å². The van der Waals surface area contributed by atoms with Crippen molar-refractivity contribution in [2.24, 2.45) is 0 Å². The molecule has 0 amide bonds. The lowest BCUT2D eigenvalue weighted by atomic mass is 10.2. The quantitative estimate of drug-likeness (QED) is 0.599. The summed E-state index contributed by atoms with van der Waals surface area (Å²) in [5.74, 6) is -2.93. The molecule has 0 aromatic heterocycles. The minimum absolute atomic E-state index is 0.282. The first-order valence-corrected chi connectivity index (χ1v) is 3.10. The maximum atomic E-state index is 12.2. The minimum atomic E-state index is -2.93. The highest BCUT2D eigenvalue weighted by Crippen LogP contribution is 2.18. The number of alkyl halides is 2. The molecule has 0 saturated heterocycles. The predicted octanol–water partition coefficient (Wildman–Crippen LogP) is 1.04. The average molecular weight is 154 g/mol. The van der Waals surface area contributed by atoms with Gasteiger partial charge in [0, 0.05) is 20.1 Å². The second kappa shape index (κ2) is 4.57. The Morgan fingerprint density at radius 1 is 1.50 bits per heavy atom. The van der Waals surface area contributed by atoms with Crippen molar-refractivity contribution in [3.63, 3.8) is 0 Å². The van der Waals surface area contributed by atoms with Crippen LogP contribution in [0.5, 0.6) is 0 Å². The first-order valence-electron chi connectivity index (χ1n) is 3.10. The van der Waals surface area contributed by atoms with E-state index in [1.165, 1.54) is 7.11 Å². The van der Waals surface area contributed by atoms with Gasteiger partial charge in [-0.1, -0.05) is 0 Å². The molecule has 0 bridgehead atoms. The van der Waals surface area contributed by atoms with E-state index in [0.29, 0.717) is 6.61 Å². The number of hydrogen-bond acceptors (Lipinski definition) is 2. The van der Waals surface area contributed by atoms with E-state index in [-0.39, 0.29) is 12.8 Å². The molecule has 62 valence electrons. The molecule has 10 heavy (non-hydrogen) atoms. The monoisotopic (exact) mass is 154 g/mol. The zero-order chi connectivity index (χ0) is 8.04. The molecule has 0 aromatic carbocycles. The summed E-state index contributed by atoms with van der Waals surface area (Å²) in [4.78, 5) is 0. The van der Waals surface area contributed by atoms with Crippen molar-refractivity contribution in [1.29, 1.82) is 0 Å². The van der Waals surface area contributed by atoms with Gasteiger partial charge in [0.1, 0.15) is 6.61 Å². The molecule has 0 aromatic rings. The first-order chi connectivity index (χ1) is 4.62. The van der Waals surface area contributed by atoms with Crippen molar-refractivity contribution in [3.8, 4) is 0 Å². The molecule has 0 saturated carbocycles. The van der Waals surface area contributed by atoms with E-state index in [4.69, 9.17) is 5.11 Å². The largest absolute Gasteiger partial charge is 0.390 e. The smallest absolute Gasteiger partial charge is 0.270 e. The summed E-state index contributed by atoms with van der Waals surface area (Å²) < 4.78 is 28.9. The fourth-order valence-electron chi connectivity index (χ4n) is 0.554. The van der Waals surface area contributed by atoms with Gasteiger partial charge in [0.05, 0.1) is 0 Å². The molecule has 2 nitrogen and oxygen atoms in total. The van der Waals surface area contributed by atoms with Gasteiger partial charge in [0.25, 0.3) is 5.92 Å². The highest BCUT2D eigenvalue weighted by atomic mass is 19.3. The number of hydrogen-bond donors (Lipinski definition) is 1. The number of aliphatic hydroxyl groups is 1. The number of aliphatic hydroxyl groups excluding tert-OH is 1. The van der Waals surface area contributed by atoms with Crippen LogP contribution in [0.3, 0.4) is 0 Å². The van der Waals surface area contributed by atoms with Crippen molar-refractivity contribution in [1.82, 2.24) is 0 Å². The Kier molecular flexibility index (Phi) is 4.47. The van der Waals surface area contributed by atoms with Gasteiger partial charge in [-0.3, -0.25) is 0 Å². The Morgan fingerprint density at radius 2 is 2.10 bits per heavy atom. The van der Waals surface area contributed by atoms with Crippen LogP contribution in [0.15, 0.2) is 0 Å². The van der Waals surface area contributed by atoms with Gasteiger partial charge in [-0.05, 0) is 6.42 Å². The average Bonchev–Trinajstić information content (AvgIpc) is 1.89. The van der Waals surface area contributed by atoms with Gasteiger partial charge in [0.2, 0.25) is 0 Å². The summed E-state index contributed by atoms with van der Waals surface area (Å²) in [6.45, 7) is -0.758. The minimum Gasteiger partial charge on any atom is -0.390 e. The number of rotatable bonds is 5. The maximum absolute atomic E-state index is 12.2. The Labute approximate surface area is 58.8 Å². The van der Waals surface area contributed by atoms with Gasteiger partial charge >= 0.3 is 0 Å².